The predicted octanol–water partition coefficient (Wildman–Crippen LogP) is 4.33. The highest BCUT2D eigenvalue weighted by Gasteiger charge is 2.09. The van der Waals surface area contributed by atoms with Crippen LogP contribution in [0, 0.1) is 0 Å². The van der Waals surface area contributed by atoms with Crippen LogP contribution in [0.4, 0.5) is 25.8 Å². The van der Waals surface area contributed by atoms with Crippen molar-refractivity contribution in [3.63, 3.8) is 0 Å². The minimum Gasteiger partial charge on any atom is -0.399 e. The third kappa shape index (κ3) is 3.37. The smallest absolute Gasteiger partial charge is 0.288 e. The summed E-state index contributed by atoms with van der Waals surface area (Å²) in [7, 11) is 0. The Morgan fingerprint density at radius 1 is 1.06 bits per heavy atom. The lowest BCUT2D eigenvalue weighted by molar-refractivity contribution is 0.252. The van der Waals surface area contributed by atoms with Crippen molar-refractivity contribution in [1.82, 2.24) is 0 Å². The number of nitrogens with one attached hydrogen (secondary N) is 1. The van der Waals surface area contributed by atoms with Crippen LogP contribution in [0.25, 0.3) is 0 Å². The quantitative estimate of drug-likeness (QED) is 0.639. The van der Waals surface area contributed by atoms with Gasteiger partial charge in [-0.2, -0.15) is 8.78 Å². The zero-order valence-corrected chi connectivity index (χ0v) is 10.3. The molecule has 0 fully saturated rings. The number of nitrogens with two attached hydrogens (primary N) is 1. The summed E-state index contributed by atoms with van der Waals surface area (Å²) in [5.74, 6) is -2.44. The number of rotatable bonds is 4. The van der Waals surface area contributed by atoms with Crippen LogP contribution >= 0.6 is 11.8 Å². The van der Waals surface area contributed by atoms with Crippen molar-refractivity contribution in [3.05, 3.63) is 48.5 Å². The van der Waals surface area contributed by atoms with Crippen molar-refractivity contribution in [2.75, 3.05) is 11.1 Å². The van der Waals surface area contributed by atoms with Gasteiger partial charge in [0.05, 0.1) is 5.69 Å². The monoisotopic (exact) mass is 266 g/mol. The van der Waals surface area contributed by atoms with E-state index in [-0.39, 0.29) is 0 Å². The summed E-state index contributed by atoms with van der Waals surface area (Å²) < 4.78 is 24.8. The largest absolute Gasteiger partial charge is 0.399 e. The lowest BCUT2D eigenvalue weighted by Gasteiger charge is -2.11. The van der Waals surface area contributed by atoms with Gasteiger partial charge in [0.2, 0.25) is 0 Å². The average Bonchev–Trinajstić information content (AvgIpc) is 2.31. The van der Waals surface area contributed by atoms with Crippen molar-refractivity contribution < 1.29 is 8.78 Å². The van der Waals surface area contributed by atoms with Gasteiger partial charge in [-0.3, -0.25) is 0 Å². The molecule has 0 radical (unpaired) electrons. The molecule has 0 aliphatic carbocycles. The van der Waals surface area contributed by atoms with E-state index in [0.717, 1.165) is 5.69 Å². The lowest BCUT2D eigenvalue weighted by atomic mass is 10.2. The van der Waals surface area contributed by atoms with Gasteiger partial charge in [-0.15, -0.1) is 0 Å². The van der Waals surface area contributed by atoms with Crippen molar-refractivity contribution in [2.45, 2.75) is 10.7 Å². The molecule has 0 atom stereocenters. The number of nitrogen functional groups attached to an aromatic ring is 1. The predicted molar refractivity (Wildman–Crippen MR) is 72.4 cm³/mol. The Balaban J connectivity index is 2.23. The number of anilines is 3. The highest BCUT2D eigenvalue weighted by atomic mass is 32.2. The fourth-order valence-electron chi connectivity index (χ4n) is 1.54. The van der Waals surface area contributed by atoms with Crippen LogP contribution in [-0.2, 0) is 0 Å². The average molecular weight is 266 g/mol. The zero-order chi connectivity index (χ0) is 13.0. The van der Waals surface area contributed by atoms with E-state index in [0.29, 0.717) is 28.0 Å². The highest BCUT2D eigenvalue weighted by Crippen LogP contribution is 2.33. The molecule has 0 amide bonds. The van der Waals surface area contributed by atoms with Gasteiger partial charge in [-0.25, -0.2) is 0 Å². The van der Waals surface area contributed by atoms with E-state index in [9.17, 15) is 8.78 Å². The van der Waals surface area contributed by atoms with Crippen LogP contribution in [0.15, 0.2) is 53.4 Å². The van der Waals surface area contributed by atoms with Gasteiger partial charge in [0.25, 0.3) is 5.76 Å². The topological polar surface area (TPSA) is 38.0 Å². The van der Waals surface area contributed by atoms with Gasteiger partial charge in [-0.05, 0) is 30.3 Å². The fraction of sp³-hybridized carbons (Fsp3) is 0.0769. The van der Waals surface area contributed by atoms with Gasteiger partial charge >= 0.3 is 0 Å². The second-order valence-corrected chi connectivity index (χ2v) is 4.66. The zero-order valence-electron chi connectivity index (χ0n) is 9.44. The van der Waals surface area contributed by atoms with Crippen molar-refractivity contribution in [3.8, 4) is 0 Å². The fourth-order valence-corrected chi connectivity index (χ4v) is 2.14. The summed E-state index contributed by atoms with van der Waals surface area (Å²) in [6, 6.07) is 14.1. The molecule has 0 aliphatic rings. The van der Waals surface area contributed by atoms with Crippen molar-refractivity contribution in [2.24, 2.45) is 0 Å². The van der Waals surface area contributed by atoms with E-state index in [2.05, 4.69) is 5.32 Å². The van der Waals surface area contributed by atoms with Crippen LogP contribution in [0.5, 0.6) is 0 Å². The second-order valence-electron chi connectivity index (χ2n) is 3.63. The summed E-state index contributed by atoms with van der Waals surface area (Å²) in [6.07, 6.45) is 0. The Morgan fingerprint density at radius 2 is 1.83 bits per heavy atom. The first kappa shape index (κ1) is 12.7. The number of hydrogen-bond donors (Lipinski definition) is 2. The van der Waals surface area contributed by atoms with E-state index in [1.54, 1.807) is 42.5 Å². The summed E-state index contributed by atoms with van der Waals surface area (Å²) in [5.41, 5.74) is 7.71. The van der Waals surface area contributed by atoms with E-state index in [4.69, 9.17) is 5.73 Å². The van der Waals surface area contributed by atoms with Crippen LogP contribution in [0.2, 0.25) is 0 Å². The third-order valence-corrected chi connectivity index (χ3v) is 3.06. The maximum absolute atomic E-state index is 12.4. The van der Waals surface area contributed by atoms with Gasteiger partial charge in [-0.1, -0.05) is 30.0 Å². The third-order valence-electron chi connectivity index (χ3n) is 2.27. The van der Waals surface area contributed by atoms with Crippen molar-refractivity contribution in [1.29, 1.82) is 0 Å². The summed E-state index contributed by atoms with van der Waals surface area (Å²) in [6.45, 7) is 0. The Kier molecular flexibility index (Phi) is 4.04. The van der Waals surface area contributed by atoms with E-state index in [1.165, 1.54) is 0 Å². The molecule has 0 bridgehead atoms. The molecular weight excluding hydrogens is 254 g/mol. The normalized spacial score (nSPS) is 10.6. The van der Waals surface area contributed by atoms with Crippen molar-refractivity contribution >= 4 is 28.8 Å². The summed E-state index contributed by atoms with van der Waals surface area (Å²) in [4.78, 5) is 0.509. The molecule has 2 aromatic carbocycles. The minimum atomic E-state index is -2.44. The SMILES string of the molecule is Nc1cccc(Nc2ccccc2SC(F)F)c1. The first-order valence-electron chi connectivity index (χ1n) is 5.31. The van der Waals surface area contributed by atoms with Crippen LogP contribution in [0.3, 0.4) is 0 Å². The molecule has 0 heterocycles. The number of para-hydroxylation sites is 1. The van der Waals surface area contributed by atoms with Gasteiger partial charge in [0, 0.05) is 16.3 Å². The Bertz CT molecular complexity index is 532. The standard InChI is InChI=1S/C13H12F2N2S/c14-13(15)18-12-7-2-1-6-11(12)17-10-5-3-4-9(16)8-10/h1-8,13,17H,16H2. The molecule has 2 nitrogen and oxygen atoms in total. The molecule has 2 aromatic rings. The number of thioether (sulfide) groups is 1. The molecule has 5 heteroatoms. The number of hydrogen-bond acceptors (Lipinski definition) is 3. The molecule has 0 aliphatic heterocycles. The second kappa shape index (κ2) is 5.73. The lowest BCUT2D eigenvalue weighted by Crippen LogP contribution is -1.94. The molecule has 0 saturated carbocycles. The maximum atomic E-state index is 12.4. The van der Waals surface area contributed by atoms with Crippen LogP contribution in [-0.4, -0.2) is 5.76 Å². The molecule has 0 unspecified atom stereocenters. The summed E-state index contributed by atoms with van der Waals surface area (Å²) >= 11 is 0.521. The van der Waals surface area contributed by atoms with Gasteiger partial charge < -0.3 is 11.1 Å². The molecule has 0 spiro atoms. The maximum Gasteiger partial charge on any atom is 0.288 e. The molecule has 18 heavy (non-hydrogen) atoms. The number of halogens is 2. The highest BCUT2D eigenvalue weighted by molar-refractivity contribution is 7.99. The number of benzene rings is 2. The first-order valence-corrected chi connectivity index (χ1v) is 6.19. The molecular formula is C13H12F2N2S. The molecule has 0 aromatic heterocycles. The van der Waals surface area contributed by atoms with E-state index < -0.39 is 5.76 Å². The van der Waals surface area contributed by atoms with Crippen LogP contribution < -0.4 is 11.1 Å². The molecule has 0 saturated heterocycles. The first-order chi connectivity index (χ1) is 8.65. The summed E-state index contributed by atoms with van der Waals surface area (Å²) in [5, 5.41) is 3.08. The van der Waals surface area contributed by atoms with E-state index in [1.807, 2.05) is 6.07 Å². The molecule has 2 rings (SSSR count). The van der Waals surface area contributed by atoms with E-state index >= 15 is 0 Å². The van der Waals surface area contributed by atoms with Gasteiger partial charge in [0.15, 0.2) is 0 Å². The Labute approximate surface area is 108 Å². The molecule has 94 valence electrons. The molecule has 3 N–H and O–H groups in total. The van der Waals surface area contributed by atoms with Gasteiger partial charge in [0.1, 0.15) is 0 Å². The van der Waals surface area contributed by atoms with Crippen LogP contribution in [0.1, 0.15) is 0 Å². The Morgan fingerprint density at radius 3 is 2.56 bits per heavy atom. The Hall–Kier alpha value is -1.75. The minimum absolute atomic E-state index is 0.509. The number of alkyl halides is 2.